The van der Waals surface area contributed by atoms with E-state index in [9.17, 15) is 4.79 Å². The molecule has 0 bridgehead atoms. The Hall–Kier alpha value is -1.46. The SMILES string of the molecule is Cl.NC1CCCC(C(=O)NCc2ccc3c(c2)OCO3)C1. The lowest BCUT2D eigenvalue weighted by atomic mass is 9.85. The Bertz CT molecular complexity index is 510. The van der Waals surface area contributed by atoms with E-state index in [1.165, 1.54) is 0 Å². The molecule has 1 aliphatic carbocycles. The number of ether oxygens (including phenoxy) is 2. The number of nitrogens with two attached hydrogens (primary N) is 1. The summed E-state index contributed by atoms with van der Waals surface area (Å²) in [5.41, 5.74) is 6.94. The smallest absolute Gasteiger partial charge is 0.231 e. The summed E-state index contributed by atoms with van der Waals surface area (Å²) >= 11 is 0. The van der Waals surface area contributed by atoms with Crippen LogP contribution in [0.2, 0.25) is 0 Å². The second-order valence-electron chi connectivity index (χ2n) is 5.53. The summed E-state index contributed by atoms with van der Waals surface area (Å²) in [7, 11) is 0. The first-order valence-electron chi connectivity index (χ1n) is 7.14. The van der Waals surface area contributed by atoms with Crippen LogP contribution in [0.3, 0.4) is 0 Å². The van der Waals surface area contributed by atoms with Crippen molar-refractivity contribution < 1.29 is 14.3 Å². The van der Waals surface area contributed by atoms with Crippen LogP contribution >= 0.6 is 12.4 Å². The van der Waals surface area contributed by atoms with Gasteiger partial charge < -0.3 is 20.5 Å². The van der Waals surface area contributed by atoms with Gasteiger partial charge >= 0.3 is 0 Å². The fourth-order valence-corrected chi connectivity index (χ4v) is 2.85. The van der Waals surface area contributed by atoms with Gasteiger partial charge in [-0.15, -0.1) is 12.4 Å². The summed E-state index contributed by atoms with van der Waals surface area (Å²) in [4.78, 5) is 12.1. The van der Waals surface area contributed by atoms with Crippen molar-refractivity contribution in [3.05, 3.63) is 23.8 Å². The number of hydrogen-bond donors (Lipinski definition) is 2. The third-order valence-corrected chi connectivity index (χ3v) is 3.99. The van der Waals surface area contributed by atoms with Gasteiger partial charge in [-0.2, -0.15) is 0 Å². The first-order chi connectivity index (χ1) is 9.72. The predicted molar refractivity (Wildman–Crippen MR) is 81.6 cm³/mol. The maximum Gasteiger partial charge on any atom is 0.231 e. The van der Waals surface area contributed by atoms with E-state index < -0.39 is 0 Å². The highest BCUT2D eigenvalue weighted by Gasteiger charge is 2.25. The molecule has 3 N–H and O–H groups in total. The second-order valence-corrected chi connectivity index (χ2v) is 5.53. The maximum atomic E-state index is 12.1. The number of halogens is 1. The lowest BCUT2D eigenvalue weighted by Crippen LogP contribution is -2.37. The van der Waals surface area contributed by atoms with Crippen LogP contribution in [0.4, 0.5) is 0 Å². The molecule has 2 aliphatic rings. The average Bonchev–Trinajstić information content (AvgIpc) is 2.92. The van der Waals surface area contributed by atoms with Crippen molar-refractivity contribution in [1.82, 2.24) is 5.32 Å². The fourth-order valence-electron chi connectivity index (χ4n) is 2.85. The molecule has 1 saturated carbocycles. The van der Waals surface area contributed by atoms with E-state index in [1.54, 1.807) is 0 Å². The van der Waals surface area contributed by atoms with Gasteiger partial charge in [0, 0.05) is 18.5 Å². The third-order valence-electron chi connectivity index (χ3n) is 3.99. The van der Waals surface area contributed by atoms with Gasteiger partial charge in [-0.1, -0.05) is 12.5 Å². The number of hydrogen-bond acceptors (Lipinski definition) is 4. The van der Waals surface area contributed by atoms with Gasteiger partial charge in [0.15, 0.2) is 11.5 Å². The molecule has 1 heterocycles. The lowest BCUT2D eigenvalue weighted by molar-refractivity contribution is -0.126. The summed E-state index contributed by atoms with van der Waals surface area (Å²) in [6.45, 7) is 0.784. The molecule has 2 atom stereocenters. The van der Waals surface area contributed by atoms with Crippen molar-refractivity contribution in [2.75, 3.05) is 6.79 Å². The van der Waals surface area contributed by atoms with Gasteiger partial charge in [0.2, 0.25) is 12.7 Å². The molecule has 5 nitrogen and oxygen atoms in total. The van der Waals surface area contributed by atoms with Gasteiger partial charge in [0.25, 0.3) is 0 Å². The third kappa shape index (κ3) is 3.80. The molecule has 21 heavy (non-hydrogen) atoms. The van der Waals surface area contributed by atoms with Crippen LogP contribution in [-0.4, -0.2) is 18.7 Å². The lowest BCUT2D eigenvalue weighted by Gasteiger charge is -2.25. The monoisotopic (exact) mass is 312 g/mol. The van der Waals surface area contributed by atoms with Crippen LogP contribution in [0, 0.1) is 5.92 Å². The number of carbonyl (C=O) groups is 1. The number of fused-ring (bicyclic) bond motifs is 1. The van der Waals surface area contributed by atoms with Crippen LogP contribution in [-0.2, 0) is 11.3 Å². The number of carbonyl (C=O) groups excluding carboxylic acids is 1. The van der Waals surface area contributed by atoms with Crippen LogP contribution in [0.1, 0.15) is 31.2 Å². The minimum absolute atomic E-state index is 0. The van der Waals surface area contributed by atoms with E-state index in [1.807, 2.05) is 18.2 Å². The Labute approximate surface area is 130 Å². The number of benzene rings is 1. The highest BCUT2D eigenvalue weighted by atomic mass is 35.5. The van der Waals surface area contributed by atoms with E-state index >= 15 is 0 Å². The topological polar surface area (TPSA) is 73.6 Å². The summed E-state index contributed by atoms with van der Waals surface area (Å²) in [6, 6.07) is 5.90. The van der Waals surface area contributed by atoms with Crippen LogP contribution in [0.5, 0.6) is 11.5 Å². The molecule has 1 aromatic rings. The zero-order valence-corrected chi connectivity index (χ0v) is 12.7. The molecule has 2 unspecified atom stereocenters. The van der Waals surface area contributed by atoms with Crippen LogP contribution < -0.4 is 20.5 Å². The van der Waals surface area contributed by atoms with E-state index in [0.717, 1.165) is 42.7 Å². The summed E-state index contributed by atoms with van der Waals surface area (Å²) in [6.07, 6.45) is 3.82. The zero-order chi connectivity index (χ0) is 13.9. The molecule has 1 fully saturated rings. The Morgan fingerprint density at radius 3 is 2.90 bits per heavy atom. The molecule has 1 amide bonds. The molecule has 6 heteroatoms. The molecule has 116 valence electrons. The molecule has 0 spiro atoms. The second kappa shape index (κ2) is 7.00. The molecular formula is C15H21ClN2O3. The first-order valence-corrected chi connectivity index (χ1v) is 7.14. The molecular weight excluding hydrogens is 292 g/mol. The summed E-state index contributed by atoms with van der Waals surface area (Å²) < 4.78 is 10.6. The summed E-state index contributed by atoms with van der Waals surface area (Å²) in [5, 5.41) is 2.99. The van der Waals surface area contributed by atoms with Gasteiger partial charge in [0.05, 0.1) is 0 Å². The molecule has 1 aromatic carbocycles. The van der Waals surface area contributed by atoms with Crippen molar-refractivity contribution in [2.24, 2.45) is 11.7 Å². The Kier molecular flexibility index (Phi) is 5.31. The van der Waals surface area contributed by atoms with Crippen molar-refractivity contribution in [1.29, 1.82) is 0 Å². The van der Waals surface area contributed by atoms with E-state index in [0.29, 0.717) is 6.54 Å². The van der Waals surface area contributed by atoms with Gasteiger partial charge in [-0.05, 0) is 37.0 Å². The van der Waals surface area contributed by atoms with Gasteiger partial charge in [0.1, 0.15) is 0 Å². The minimum Gasteiger partial charge on any atom is -0.454 e. The molecule has 1 aliphatic heterocycles. The number of rotatable bonds is 3. The maximum absolute atomic E-state index is 12.1. The quantitative estimate of drug-likeness (QED) is 0.895. The summed E-state index contributed by atoms with van der Waals surface area (Å²) in [5.74, 6) is 1.68. The molecule has 0 saturated heterocycles. The number of nitrogens with one attached hydrogen (secondary N) is 1. The van der Waals surface area contributed by atoms with Crippen LogP contribution in [0.25, 0.3) is 0 Å². The minimum atomic E-state index is 0. The standard InChI is InChI=1S/C15H20N2O3.ClH/c16-12-3-1-2-11(7-12)15(18)17-8-10-4-5-13-14(6-10)20-9-19-13;/h4-6,11-12H,1-3,7-9,16H2,(H,17,18);1H. The van der Waals surface area contributed by atoms with Crippen molar-refractivity contribution in [3.8, 4) is 11.5 Å². The molecule has 0 radical (unpaired) electrons. The highest BCUT2D eigenvalue weighted by molar-refractivity contribution is 5.85. The Balaban J connectivity index is 0.00000161. The Morgan fingerprint density at radius 1 is 1.29 bits per heavy atom. The normalized spacial score (nSPS) is 23.3. The van der Waals surface area contributed by atoms with Crippen molar-refractivity contribution in [3.63, 3.8) is 0 Å². The van der Waals surface area contributed by atoms with Gasteiger partial charge in [-0.3, -0.25) is 4.79 Å². The van der Waals surface area contributed by atoms with E-state index in [-0.39, 0.29) is 37.1 Å². The van der Waals surface area contributed by atoms with Gasteiger partial charge in [-0.25, -0.2) is 0 Å². The van der Waals surface area contributed by atoms with E-state index in [4.69, 9.17) is 15.2 Å². The largest absolute Gasteiger partial charge is 0.454 e. The number of amides is 1. The molecule has 0 aromatic heterocycles. The van der Waals surface area contributed by atoms with Crippen molar-refractivity contribution >= 4 is 18.3 Å². The van der Waals surface area contributed by atoms with Crippen molar-refractivity contribution in [2.45, 2.75) is 38.3 Å². The Morgan fingerprint density at radius 2 is 2.10 bits per heavy atom. The zero-order valence-electron chi connectivity index (χ0n) is 11.8. The average molecular weight is 313 g/mol. The first kappa shape index (κ1) is 15.9. The fraction of sp³-hybridized carbons (Fsp3) is 0.533. The molecule has 3 rings (SSSR count). The highest BCUT2D eigenvalue weighted by Crippen LogP contribution is 2.32. The van der Waals surface area contributed by atoms with E-state index in [2.05, 4.69) is 5.32 Å². The predicted octanol–water partition coefficient (Wildman–Crippen LogP) is 1.97. The van der Waals surface area contributed by atoms with Crippen LogP contribution in [0.15, 0.2) is 18.2 Å².